The first-order valence-electron chi connectivity index (χ1n) is 5.01. The van der Waals surface area contributed by atoms with Crippen LogP contribution in [0.1, 0.15) is 11.6 Å². The van der Waals surface area contributed by atoms with Crippen LogP contribution in [0.15, 0.2) is 18.2 Å². The molecule has 0 aliphatic heterocycles. The number of rotatable bonds is 4. The number of hydrogen-bond donors (Lipinski definition) is 2. The maximum atomic E-state index is 11.7. The van der Waals surface area contributed by atoms with E-state index in [1.807, 2.05) is 0 Å². The number of amides is 1. The van der Waals surface area contributed by atoms with Crippen molar-refractivity contribution in [3.8, 4) is 11.5 Å². The van der Waals surface area contributed by atoms with Crippen molar-refractivity contribution in [2.24, 2.45) is 11.6 Å². The second-order valence-corrected chi connectivity index (χ2v) is 3.53. The first kappa shape index (κ1) is 13.3. The van der Waals surface area contributed by atoms with Gasteiger partial charge in [-0.05, 0) is 12.1 Å². The monoisotopic (exact) mass is 239 g/mol. The van der Waals surface area contributed by atoms with Gasteiger partial charge in [0.05, 0.1) is 14.2 Å². The minimum Gasteiger partial charge on any atom is -0.497 e. The summed E-state index contributed by atoms with van der Waals surface area (Å²) >= 11 is 0. The molecule has 1 amide bonds. The van der Waals surface area contributed by atoms with E-state index in [2.05, 4.69) is 0 Å². The van der Waals surface area contributed by atoms with Crippen LogP contribution >= 0.6 is 0 Å². The van der Waals surface area contributed by atoms with Crippen molar-refractivity contribution in [1.29, 1.82) is 0 Å². The molecule has 0 radical (unpaired) electrons. The molecule has 0 saturated carbocycles. The number of nitrogens with zero attached hydrogens (tertiary/aromatic N) is 1. The van der Waals surface area contributed by atoms with E-state index in [0.29, 0.717) is 17.1 Å². The van der Waals surface area contributed by atoms with Gasteiger partial charge in [0.15, 0.2) is 0 Å². The normalized spacial score (nSPS) is 11.8. The standard InChI is InChI=1S/C11H17N3O3/c1-14(13)11(15)10(12)8-5-4-7(16-2)6-9(8)17-3/h4-6,10H,12-13H2,1-3H3. The molecule has 94 valence electrons. The van der Waals surface area contributed by atoms with E-state index in [-0.39, 0.29) is 0 Å². The van der Waals surface area contributed by atoms with E-state index < -0.39 is 11.9 Å². The highest BCUT2D eigenvalue weighted by atomic mass is 16.5. The molecule has 17 heavy (non-hydrogen) atoms. The minimum atomic E-state index is -0.856. The molecular formula is C11H17N3O3. The molecule has 1 aromatic rings. The lowest BCUT2D eigenvalue weighted by atomic mass is 10.1. The number of carbonyl (C=O) groups excluding carboxylic acids is 1. The van der Waals surface area contributed by atoms with Gasteiger partial charge in [-0.3, -0.25) is 9.80 Å². The van der Waals surface area contributed by atoms with E-state index in [1.165, 1.54) is 14.2 Å². The number of hydrazine groups is 1. The van der Waals surface area contributed by atoms with E-state index in [9.17, 15) is 4.79 Å². The Morgan fingerprint density at radius 2 is 2.00 bits per heavy atom. The van der Waals surface area contributed by atoms with Gasteiger partial charge in [-0.1, -0.05) is 0 Å². The topological polar surface area (TPSA) is 90.8 Å². The van der Waals surface area contributed by atoms with Crippen LogP contribution in [0.5, 0.6) is 11.5 Å². The summed E-state index contributed by atoms with van der Waals surface area (Å²) in [4.78, 5) is 11.7. The maximum absolute atomic E-state index is 11.7. The van der Waals surface area contributed by atoms with Crippen molar-refractivity contribution in [1.82, 2.24) is 5.01 Å². The number of hydrogen-bond acceptors (Lipinski definition) is 5. The van der Waals surface area contributed by atoms with Crippen LogP contribution < -0.4 is 21.1 Å². The molecule has 6 nitrogen and oxygen atoms in total. The van der Waals surface area contributed by atoms with Gasteiger partial charge < -0.3 is 15.2 Å². The molecule has 6 heteroatoms. The van der Waals surface area contributed by atoms with Gasteiger partial charge in [-0.25, -0.2) is 5.84 Å². The Hall–Kier alpha value is -1.79. The van der Waals surface area contributed by atoms with E-state index in [4.69, 9.17) is 21.1 Å². The molecule has 0 fully saturated rings. The lowest BCUT2D eigenvalue weighted by Crippen LogP contribution is -2.40. The van der Waals surface area contributed by atoms with Gasteiger partial charge >= 0.3 is 0 Å². The fourth-order valence-electron chi connectivity index (χ4n) is 1.43. The largest absolute Gasteiger partial charge is 0.497 e. The lowest BCUT2D eigenvalue weighted by Gasteiger charge is -2.19. The highest BCUT2D eigenvalue weighted by Crippen LogP contribution is 2.28. The van der Waals surface area contributed by atoms with Gasteiger partial charge in [0.2, 0.25) is 0 Å². The molecule has 1 atom stereocenters. The predicted octanol–water partition coefficient (Wildman–Crippen LogP) is 0.0357. The molecule has 0 aliphatic rings. The van der Waals surface area contributed by atoms with Crippen LogP contribution in [0.2, 0.25) is 0 Å². The molecular weight excluding hydrogens is 222 g/mol. The Bertz CT molecular complexity index is 407. The van der Waals surface area contributed by atoms with E-state index in [0.717, 1.165) is 5.01 Å². The fraction of sp³-hybridized carbons (Fsp3) is 0.364. The average Bonchev–Trinajstić information content (AvgIpc) is 2.35. The van der Waals surface area contributed by atoms with Crippen molar-refractivity contribution >= 4 is 5.91 Å². The second-order valence-electron chi connectivity index (χ2n) is 3.53. The molecule has 4 N–H and O–H groups in total. The Labute approximate surface area is 100 Å². The molecule has 0 aliphatic carbocycles. The summed E-state index contributed by atoms with van der Waals surface area (Å²) in [7, 11) is 4.49. The first-order chi connectivity index (χ1) is 8.01. The fourth-order valence-corrected chi connectivity index (χ4v) is 1.43. The van der Waals surface area contributed by atoms with Gasteiger partial charge in [0.25, 0.3) is 5.91 Å². The lowest BCUT2D eigenvalue weighted by molar-refractivity contribution is -0.131. The predicted molar refractivity (Wildman–Crippen MR) is 63.4 cm³/mol. The molecule has 1 unspecified atom stereocenters. The van der Waals surface area contributed by atoms with Crippen molar-refractivity contribution in [3.05, 3.63) is 23.8 Å². The van der Waals surface area contributed by atoms with Crippen molar-refractivity contribution in [3.63, 3.8) is 0 Å². The summed E-state index contributed by atoms with van der Waals surface area (Å²) < 4.78 is 10.2. The molecule has 0 spiro atoms. The average molecular weight is 239 g/mol. The third kappa shape index (κ3) is 2.86. The second kappa shape index (κ2) is 5.51. The first-order valence-corrected chi connectivity index (χ1v) is 5.01. The van der Waals surface area contributed by atoms with Gasteiger partial charge in [-0.2, -0.15) is 0 Å². The van der Waals surface area contributed by atoms with Crippen LogP contribution in [0.4, 0.5) is 0 Å². The van der Waals surface area contributed by atoms with Gasteiger partial charge in [0.1, 0.15) is 17.5 Å². The summed E-state index contributed by atoms with van der Waals surface area (Å²) in [6.07, 6.45) is 0. The maximum Gasteiger partial charge on any atom is 0.257 e. The highest BCUT2D eigenvalue weighted by molar-refractivity contribution is 5.83. The van der Waals surface area contributed by atoms with Crippen LogP contribution in [0.3, 0.4) is 0 Å². The van der Waals surface area contributed by atoms with Crippen LogP contribution in [-0.2, 0) is 4.79 Å². The summed E-state index contributed by atoms with van der Waals surface area (Å²) in [5.41, 5.74) is 6.38. The van der Waals surface area contributed by atoms with Gasteiger partial charge in [-0.15, -0.1) is 0 Å². The Kier molecular flexibility index (Phi) is 4.30. The molecule has 1 aromatic carbocycles. The highest BCUT2D eigenvalue weighted by Gasteiger charge is 2.21. The third-order valence-corrected chi connectivity index (χ3v) is 2.39. The van der Waals surface area contributed by atoms with Crippen LogP contribution in [0, 0.1) is 0 Å². The van der Waals surface area contributed by atoms with E-state index in [1.54, 1.807) is 25.3 Å². The summed E-state index contributed by atoms with van der Waals surface area (Å²) in [6.45, 7) is 0. The van der Waals surface area contributed by atoms with Crippen molar-refractivity contribution in [2.45, 2.75) is 6.04 Å². The van der Waals surface area contributed by atoms with Crippen LogP contribution in [0.25, 0.3) is 0 Å². The molecule has 1 rings (SSSR count). The number of benzene rings is 1. The number of ether oxygens (including phenoxy) is 2. The number of likely N-dealkylation sites (N-methyl/N-ethyl adjacent to an activating group) is 1. The zero-order valence-corrected chi connectivity index (χ0v) is 10.1. The molecule has 0 heterocycles. The zero-order chi connectivity index (χ0) is 13.0. The zero-order valence-electron chi connectivity index (χ0n) is 10.1. The number of carbonyl (C=O) groups is 1. The summed E-state index contributed by atoms with van der Waals surface area (Å²) in [5, 5.41) is 0.953. The summed E-state index contributed by atoms with van der Waals surface area (Å²) in [6, 6.07) is 4.20. The molecule has 0 bridgehead atoms. The van der Waals surface area contributed by atoms with Crippen molar-refractivity contribution in [2.75, 3.05) is 21.3 Å². The van der Waals surface area contributed by atoms with E-state index >= 15 is 0 Å². The smallest absolute Gasteiger partial charge is 0.257 e. The molecule has 0 saturated heterocycles. The molecule has 0 aromatic heterocycles. The van der Waals surface area contributed by atoms with Gasteiger partial charge in [0, 0.05) is 18.7 Å². The van der Waals surface area contributed by atoms with Crippen molar-refractivity contribution < 1.29 is 14.3 Å². The minimum absolute atomic E-state index is 0.395. The number of nitrogens with two attached hydrogens (primary N) is 2. The Morgan fingerprint density at radius 3 is 2.47 bits per heavy atom. The Balaban J connectivity index is 3.09. The summed E-state index contributed by atoms with van der Waals surface area (Å²) in [5.74, 6) is 6.09. The quantitative estimate of drug-likeness (QED) is 0.439. The number of methoxy groups -OCH3 is 2. The Morgan fingerprint density at radius 1 is 1.35 bits per heavy atom. The van der Waals surface area contributed by atoms with Crippen LogP contribution in [-0.4, -0.2) is 32.2 Å². The third-order valence-electron chi connectivity index (χ3n) is 2.39. The SMILES string of the molecule is COc1ccc(C(N)C(=O)N(C)N)c(OC)c1.